The van der Waals surface area contributed by atoms with Gasteiger partial charge >= 0.3 is 12.4 Å². The number of nitrogens with one attached hydrogen (secondary N) is 1. The molecule has 15 heteroatoms. The first kappa shape index (κ1) is 26.7. The first-order valence-corrected chi connectivity index (χ1v) is 10.7. The van der Waals surface area contributed by atoms with Gasteiger partial charge in [-0.1, -0.05) is 11.6 Å². The third-order valence-electron chi connectivity index (χ3n) is 4.39. The number of aromatic nitrogens is 1. The molecule has 0 radical (unpaired) electrons. The van der Waals surface area contributed by atoms with Gasteiger partial charge in [0.25, 0.3) is 15.9 Å². The highest BCUT2D eigenvalue weighted by molar-refractivity contribution is 7.92. The van der Waals surface area contributed by atoms with Crippen molar-refractivity contribution in [2.75, 3.05) is 16.2 Å². The minimum absolute atomic E-state index is 0.227. The predicted molar refractivity (Wildman–Crippen MR) is 106 cm³/mol. The maximum Gasteiger partial charge on any atom is 0.426 e. The van der Waals surface area contributed by atoms with Gasteiger partial charge in [-0.2, -0.15) is 26.3 Å². The molecule has 0 fully saturated rings. The van der Waals surface area contributed by atoms with E-state index in [1.807, 2.05) is 0 Å². The lowest BCUT2D eigenvalue weighted by atomic mass is 10.1. The lowest BCUT2D eigenvalue weighted by Gasteiger charge is -2.25. The number of nitrogens with zero attached hydrogens (tertiary/aromatic N) is 2. The number of sulfonamides is 1. The van der Waals surface area contributed by atoms with Gasteiger partial charge in [0.2, 0.25) is 5.60 Å². The second-order valence-corrected chi connectivity index (χ2v) is 9.01. The molecule has 0 aliphatic heterocycles. The van der Waals surface area contributed by atoms with E-state index in [-0.39, 0.29) is 19.3 Å². The van der Waals surface area contributed by atoms with Crippen molar-refractivity contribution in [3.63, 3.8) is 0 Å². The number of halogens is 7. The quantitative estimate of drug-likeness (QED) is 0.557. The Morgan fingerprint density at radius 1 is 1.15 bits per heavy atom. The highest BCUT2D eigenvalue weighted by Gasteiger charge is 2.55. The van der Waals surface area contributed by atoms with Gasteiger partial charge in [-0.3, -0.25) is 9.10 Å². The van der Waals surface area contributed by atoms with E-state index in [9.17, 15) is 44.7 Å². The van der Waals surface area contributed by atoms with Gasteiger partial charge in [-0.05, 0) is 44.2 Å². The number of amides is 1. The Balaban J connectivity index is 2.36. The average molecular weight is 520 g/mol. The van der Waals surface area contributed by atoms with E-state index >= 15 is 0 Å². The minimum Gasteiger partial charge on any atom is -0.373 e. The molecule has 0 unspecified atom stereocenters. The highest BCUT2D eigenvalue weighted by Crippen LogP contribution is 2.34. The Kier molecular flexibility index (Phi) is 7.26. The zero-order chi connectivity index (χ0) is 25.4. The molecule has 2 rings (SSSR count). The fraction of sp³-hybridized carbons (Fsp3) is 0.333. The molecule has 182 valence electrons. The number of aliphatic hydroxyl groups is 1. The molecular weight excluding hydrogens is 504 g/mol. The maximum absolute atomic E-state index is 13.0. The lowest BCUT2D eigenvalue weighted by Crippen LogP contribution is -2.52. The summed E-state index contributed by atoms with van der Waals surface area (Å²) in [5.41, 5.74) is -5.24. The second kappa shape index (κ2) is 8.99. The number of pyridine rings is 1. The lowest BCUT2D eigenvalue weighted by molar-refractivity contribution is -0.242. The number of carbonyl (C=O) groups is 1. The smallest absolute Gasteiger partial charge is 0.373 e. The summed E-state index contributed by atoms with van der Waals surface area (Å²) in [6.45, 7) is 1.39. The van der Waals surface area contributed by atoms with Crippen molar-refractivity contribution in [3.8, 4) is 0 Å². The van der Waals surface area contributed by atoms with Crippen LogP contribution in [0.25, 0.3) is 0 Å². The number of carbonyl (C=O) groups excluding carboxylic acids is 1. The molecule has 2 aromatic rings. The van der Waals surface area contributed by atoms with Crippen LogP contribution in [0.5, 0.6) is 0 Å². The normalized spacial score (nSPS) is 14.5. The van der Waals surface area contributed by atoms with Crippen molar-refractivity contribution < 1.29 is 44.7 Å². The van der Waals surface area contributed by atoms with Gasteiger partial charge in [-0.25, -0.2) is 13.4 Å². The second-order valence-electron chi connectivity index (χ2n) is 6.74. The monoisotopic (exact) mass is 519 g/mol. The zero-order valence-corrected chi connectivity index (χ0v) is 18.4. The number of hydrogen-bond donors (Lipinski definition) is 2. The van der Waals surface area contributed by atoms with Crippen LogP contribution < -0.4 is 9.62 Å². The molecule has 0 saturated carbocycles. The Morgan fingerprint density at radius 3 is 2.18 bits per heavy atom. The Morgan fingerprint density at radius 2 is 1.76 bits per heavy atom. The molecule has 0 aliphatic rings. The molecule has 7 nitrogen and oxygen atoms in total. The van der Waals surface area contributed by atoms with Gasteiger partial charge in [0, 0.05) is 12.7 Å². The largest absolute Gasteiger partial charge is 0.426 e. The molecule has 1 amide bonds. The fourth-order valence-electron chi connectivity index (χ4n) is 2.41. The maximum atomic E-state index is 13.0. The standard InChI is InChI=1S/C18H16ClF6N3O4S/c1-3-28(14-7-4-10(9-26-14)17(20,21)22)33(31,32)11-5-6-13(12(19)8-11)27-15(29)16(2,30)18(23,24)25/h4-9,30H,3H2,1-2H3,(H,27,29)/t16-/m1/s1. The molecule has 2 N–H and O–H groups in total. The van der Waals surface area contributed by atoms with Crippen LogP contribution >= 0.6 is 11.6 Å². The summed E-state index contributed by atoms with van der Waals surface area (Å²) in [6.07, 6.45) is -9.50. The first-order chi connectivity index (χ1) is 14.9. The van der Waals surface area contributed by atoms with E-state index in [4.69, 9.17) is 11.6 Å². The van der Waals surface area contributed by atoms with Crippen molar-refractivity contribution in [1.29, 1.82) is 0 Å². The van der Waals surface area contributed by atoms with Crippen molar-refractivity contribution in [1.82, 2.24) is 4.98 Å². The topological polar surface area (TPSA) is 99.6 Å². The summed E-state index contributed by atoms with van der Waals surface area (Å²) in [6, 6.07) is 4.14. The van der Waals surface area contributed by atoms with Crippen molar-refractivity contribution >= 4 is 39.0 Å². The van der Waals surface area contributed by atoms with Crippen LogP contribution in [-0.2, 0) is 21.0 Å². The van der Waals surface area contributed by atoms with Crippen LogP contribution in [0, 0.1) is 0 Å². The van der Waals surface area contributed by atoms with Crippen LogP contribution in [0.4, 0.5) is 37.8 Å². The van der Waals surface area contributed by atoms with Crippen molar-refractivity contribution in [2.45, 2.75) is 36.7 Å². The van der Waals surface area contributed by atoms with Crippen LogP contribution in [-0.4, -0.2) is 42.7 Å². The van der Waals surface area contributed by atoms with Crippen LogP contribution in [0.2, 0.25) is 5.02 Å². The van der Waals surface area contributed by atoms with E-state index in [0.717, 1.165) is 24.3 Å². The van der Waals surface area contributed by atoms with Crippen molar-refractivity contribution in [2.24, 2.45) is 0 Å². The third kappa shape index (κ3) is 5.50. The van der Waals surface area contributed by atoms with Gasteiger partial charge in [-0.15, -0.1) is 0 Å². The molecule has 0 bridgehead atoms. The summed E-state index contributed by atoms with van der Waals surface area (Å²) >= 11 is 5.91. The average Bonchev–Trinajstić information content (AvgIpc) is 2.68. The molecule has 0 spiro atoms. The number of anilines is 2. The summed E-state index contributed by atoms with van der Waals surface area (Å²) < 4.78 is 103. The summed E-state index contributed by atoms with van der Waals surface area (Å²) in [4.78, 5) is 14.9. The van der Waals surface area contributed by atoms with Crippen LogP contribution in [0.1, 0.15) is 19.4 Å². The van der Waals surface area contributed by atoms with Gasteiger partial charge in [0.1, 0.15) is 5.82 Å². The van der Waals surface area contributed by atoms with Crippen LogP contribution in [0.3, 0.4) is 0 Å². The fourth-order valence-corrected chi connectivity index (χ4v) is 4.16. The molecule has 0 aliphatic carbocycles. The van der Waals surface area contributed by atoms with E-state index in [1.165, 1.54) is 6.92 Å². The molecule has 0 saturated heterocycles. The number of rotatable bonds is 6. The van der Waals surface area contributed by atoms with Gasteiger partial charge < -0.3 is 10.4 Å². The molecule has 1 heterocycles. The molecule has 1 aromatic heterocycles. The van der Waals surface area contributed by atoms with E-state index in [0.29, 0.717) is 16.6 Å². The molecule has 33 heavy (non-hydrogen) atoms. The van der Waals surface area contributed by atoms with E-state index < -0.39 is 55.1 Å². The summed E-state index contributed by atoms with van der Waals surface area (Å²) in [5, 5.41) is 10.7. The Bertz CT molecular complexity index is 1140. The minimum atomic E-state index is -5.29. The number of benzene rings is 1. The molecule has 1 aromatic carbocycles. The number of hydrogen-bond acceptors (Lipinski definition) is 5. The first-order valence-electron chi connectivity index (χ1n) is 8.89. The van der Waals surface area contributed by atoms with Gasteiger partial charge in [0.05, 0.1) is 21.2 Å². The van der Waals surface area contributed by atoms with E-state index in [2.05, 4.69) is 4.98 Å². The summed E-state index contributed by atoms with van der Waals surface area (Å²) in [7, 11) is -4.41. The Labute approximate surface area is 189 Å². The Hall–Kier alpha value is -2.58. The van der Waals surface area contributed by atoms with Crippen LogP contribution in [0.15, 0.2) is 41.4 Å². The van der Waals surface area contributed by atoms with Gasteiger partial charge in [0.15, 0.2) is 0 Å². The molecular formula is C18H16ClF6N3O4S. The number of alkyl halides is 6. The van der Waals surface area contributed by atoms with Crippen molar-refractivity contribution in [3.05, 3.63) is 47.1 Å². The highest BCUT2D eigenvalue weighted by atomic mass is 35.5. The molecule has 1 atom stereocenters. The zero-order valence-electron chi connectivity index (χ0n) is 16.8. The SMILES string of the molecule is CCN(c1ccc(C(F)(F)F)cn1)S(=O)(=O)c1ccc(NC(=O)[C@@](C)(O)C(F)(F)F)c(Cl)c1. The van der Waals surface area contributed by atoms with E-state index in [1.54, 1.807) is 5.32 Å². The summed E-state index contributed by atoms with van der Waals surface area (Å²) in [5.74, 6) is -2.17. The predicted octanol–water partition coefficient (Wildman–Crippen LogP) is 4.22. The third-order valence-corrected chi connectivity index (χ3v) is 6.58.